The molecule has 0 aliphatic heterocycles. The minimum absolute atomic E-state index is 1.85. The van der Waals surface area contributed by atoms with E-state index in [9.17, 15) is 55.2 Å². The zero-order chi connectivity index (χ0) is 16.6. The first kappa shape index (κ1) is 19.0. The lowest BCUT2D eigenvalue weighted by molar-refractivity contribution is -0.505. The fourth-order valence-electron chi connectivity index (χ4n) is 0.897. The Morgan fingerprint density at radius 3 is 1.75 bits per heavy atom. The van der Waals surface area contributed by atoms with Crippen LogP contribution >= 0.6 is 7.82 Å². The molecule has 120 valence electrons. The zero-order valence-electron chi connectivity index (χ0n) is 8.77. The van der Waals surface area contributed by atoms with E-state index in [0.717, 1.165) is 0 Å². The molecule has 0 aromatic rings. The average molecular weight is 337 g/mol. The van der Waals surface area contributed by atoms with Crippen molar-refractivity contribution in [1.29, 1.82) is 0 Å². The highest BCUT2D eigenvalue weighted by Crippen LogP contribution is 2.50. The summed E-state index contributed by atoms with van der Waals surface area (Å²) >= 11 is 0. The molecule has 1 atom stereocenters. The maximum absolute atomic E-state index is 13.0. The van der Waals surface area contributed by atoms with Gasteiger partial charge in [0.2, 0.25) is 6.54 Å². The third-order valence-corrected chi connectivity index (χ3v) is 2.26. The van der Waals surface area contributed by atoms with Crippen LogP contribution in [0.5, 0.6) is 0 Å². The Hall–Kier alpha value is -0.980. The van der Waals surface area contributed by atoms with Crippen molar-refractivity contribution in [1.82, 2.24) is 0 Å². The number of alkyl halides is 7. The molecule has 0 bridgehead atoms. The molecule has 0 rings (SSSR count). The summed E-state index contributed by atoms with van der Waals surface area (Å²) in [5.41, 5.74) is 0. The highest BCUT2D eigenvalue weighted by Gasteiger charge is 2.76. The van der Waals surface area contributed by atoms with Gasteiger partial charge in [-0.3, -0.25) is 10.1 Å². The van der Waals surface area contributed by atoms with E-state index >= 15 is 0 Å². The van der Waals surface area contributed by atoms with E-state index in [1.807, 2.05) is 0 Å². The predicted molar refractivity (Wildman–Crippen MR) is 40.3 cm³/mol. The maximum Gasteiger partial charge on any atom is 0.459 e. The van der Waals surface area contributed by atoms with Gasteiger partial charge in [0.15, 0.2) is 6.10 Å². The van der Waals surface area contributed by atoms with Gasteiger partial charge in [-0.1, -0.05) is 0 Å². The molecule has 0 fully saturated rings. The lowest BCUT2D eigenvalue weighted by Gasteiger charge is -2.37. The first-order valence-corrected chi connectivity index (χ1v) is 5.63. The van der Waals surface area contributed by atoms with Crippen LogP contribution in [-0.4, -0.2) is 35.6 Å². The Balaban J connectivity index is 5.65. The number of nitro groups is 1. The van der Waals surface area contributed by atoms with Crippen LogP contribution in [0.15, 0.2) is 0 Å². The van der Waals surface area contributed by atoms with Gasteiger partial charge in [0, 0.05) is 4.92 Å². The lowest BCUT2D eigenvalue weighted by Crippen LogP contribution is -2.60. The second-order valence-electron chi connectivity index (χ2n) is 3.25. The lowest BCUT2D eigenvalue weighted by atomic mass is 10.1. The summed E-state index contributed by atoms with van der Waals surface area (Å²) in [4.78, 5) is 28.1. The number of rotatable bonds is 6. The predicted octanol–water partition coefficient (Wildman–Crippen LogP) is 0.310. The molecule has 0 aromatic carbocycles. The molecule has 0 amide bonds. The van der Waals surface area contributed by atoms with Crippen molar-refractivity contribution in [2.24, 2.45) is 0 Å². The van der Waals surface area contributed by atoms with Crippen molar-refractivity contribution in [3.63, 3.8) is 0 Å². The van der Waals surface area contributed by atoms with Crippen LogP contribution in [0.4, 0.5) is 30.7 Å². The molecular formula is C5H3F7NO6P-2. The summed E-state index contributed by atoms with van der Waals surface area (Å²) in [5, 5.41) is 9.89. The van der Waals surface area contributed by atoms with Crippen molar-refractivity contribution in [2.45, 2.75) is 24.1 Å². The number of nitrogens with zero attached hydrogens (tertiary/aromatic N) is 1. The summed E-state index contributed by atoms with van der Waals surface area (Å²) in [6.07, 6.45) is -11.0. The van der Waals surface area contributed by atoms with Gasteiger partial charge in [-0.05, 0) is 0 Å². The van der Waals surface area contributed by atoms with Gasteiger partial charge in [-0.25, -0.2) is 0 Å². The molecule has 0 saturated heterocycles. The normalized spacial score (nSPS) is 16.1. The van der Waals surface area contributed by atoms with Crippen LogP contribution in [0.3, 0.4) is 0 Å². The van der Waals surface area contributed by atoms with Crippen LogP contribution in [-0.2, 0) is 9.09 Å². The third kappa shape index (κ3) is 4.26. The van der Waals surface area contributed by atoms with Crippen molar-refractivity contribution < 1.29 is 54.5 Å². The van der Waals surface area contributed by atoms with Crippen LogP contribution in [0.1, 0.15) is 0 Å². The molecule has 20 heavy (non-hydrogen) atoms. The molecule has 0 N–H and O–H groups in total. The van der Waals surface area contributed by atoms with Crippen molar-refractivity contribution in [3.05, 3.63) is 10.1 Å². The van der Waals surface area contributed by atoms with Crippen LogP contribution in [0, 0.1) is 10.1 Å². The smallest absolute Gasteiger partial charge is 0.459 e. The molecule has 15 heteroatoms. The van der Waals surface area contributed by atoms with E-state index in [4.69, 9.17) is 0 Å². The van der Waals surface area contributed by atoms with Crippen molar-refractivity contribution in [2.75, 3.05) is 6.54 Å². The van der Waals surface area contributed by atoms with Crippen molar-refractivity contribution in [3.8, 4) is 0 Å². The summed E-state index contributed by atoms with van der Waals surface area (Å²) in [5.74, 6) is -13.2. The van der Waals surface area contributed by atoms with Crippen molar-refractivity contribution >= 4 is 7.82 Å². The standard InChI is InChI=1S/C5H5F7NO6P/c6-3(7,4(8,9)5(10,11)12)2(1-13(14)15)19-20(16,17)18/h2H,1H2,(H2,16,17,18)/p-2. The topological polar surface area (TPSA) is 116 Å². The largest absolute Gasteiger partial charge is 0.790 e. The van der Waals surface area contributed by atoms with Crippen LogP contribution < -0.4 is 9.79 Å². The van der Waals surface area contributed by atoms with E-state index in [2.05, 4.69) is 4.52 Å². The second-order valence-corrected chi connectivity index (χ2v) is 4.36. The fourth-order valence-corrected chi connectivity index (χ4v) is 1.41. The maximum atomic E-state index is 13.0. The Bertz CT molecular complexity index is 418. The summed E-state index contributed by atoms with van der Waals surface area (Å²) < 4.78 is 99.1. The fraction of sp³-hybridized carbons (Fsp3) is 1.00. The minimum atomic E-state index is -6.86. The Kier molecular flexibility index (Phi) is 5.16. The van der Waals surface area contributed by atoms with E-state index in [1.54, 1.807) is 0 Å². The molecule has 7 nitrogen and oxygen atoms in total. The molecule has 0 aliphatic carbocycles. The Morgan fingerprint density at radius 1 is 1.10 bits per heavy atom. The highest BCUT2D eigenvalue weighted by molar-refractivity contribution is 7.43. The van der Waals surface area contributed by atoms with Crippen LogP contribution in [0.25, 0.3) is 0 Å². The number of hydrogen-bond donors (Lipinski definition) is 0. The molecule has 0 heterocycles. The minimum Gasteiger partial charge on any atom is -0.790 e. The van der Waals surface area contributed by atoms with Gasteiger partial charge < -0.3 is 18.9 Å². The summed E-state index contributed by atoms with van der Waals surface area (Å²) in [6.45, 7) is -2.47. The number of halogens is 7. The average Bonchev–Trinajstić information content (AvgIpc) is 2.11. The van der Waals surface area contributed by atoms with Gasteiger partial charge >= 0.3 is 18.0 Å². The SMILES string of the molecule is O=[N+]([O-])CC(OP(=O)([O-])[O-])C(F)(F)C(F)(F)C(F)(F)F. The zero-order valence-corrected chi connectivity index (χ0v) is 9.67. The van der Waals surface area contributed by atoms with E-state index in [-0.39, 0.29) is 0 Å². The first-order chi connectivity index (χ1) is 8.52. The van der Waals surface area contributed by atoms with Gasteiger partial charge in [0.1, 0.15) is 0 Å². The quantitative estimate of drug-likeness (QED) is 0.298. The van der Waals surface area contributed by atoms with Gasteiger partial charge in [-0.15, -0.1) is 0 Å². The van der Waals surface area contributed by atoms with Gasteiger partial charge in [0.05, 0.1) is 7.82 Å². The number of phosphoric ester groups is 1. The second kappa shape index (κ2) is 5.42. The molecular weight excluding hydrogens is 334 g/mol. The molecule has 0 saturated carbocycles. The Morgan fingerprint density at radius 2 is 1.50 bits per heavy atom. The molecule has 0 aromatic heterocycles. The van der Waals surface area contributed by atoms with E-state index in [1.165, 1.54) is 0 Å². The summed E-state index contributed by atoms with van der Waals surface area (Å²) in [6, 6.07) is 0. The summed E-state index contributed by atoms with van der Waals surface area (Å²) in [7, 11) is -6.48. The third-order valence-electron chi connectivity index (χ3n) is 1.75. The van der Waals surface area contributed by atoms with Crippen LogP contribution in [0.2, 0.25) is 0 Å². The number of hydrogen-bond acceptors (Lipinski definition) is 6. The number of phosphoric acid groups is 1. The molecule has 0 aliphatic rings. The monoisotopic (exact) mass is 337 g/mol. The van der Waals surface area contributed by atoms with E-state index in [0.29, 0.717) is 0 Å². The van der Waals surface area contributed by atoms with Gasteiger partial charge in [-0.2, -0.15) is 30.7 Å². The highest BCUT2D eigenvalue weighted by atomic mass is 31.2. The van der Waals surface area contributed by atoms with E-state index < -0.39 is 43.4 Å². The molecule has 0 radical (unpaired) electrons. The Labute approximate surface area is 104 Å². The van der Waals surface area contributed by atoms with Gasteiger partial charge in [0.25, 0.3) is 0 Å². The molecule has 0 spiro atoms. The molecule has 1 unspecified atom stereocenters. The first-order valence-electron chi connectivity index (χ1n) is 4.17.